The molecular formula is C21H26N8O. The minimum absolute atomic E-state index is 0.106. The van der Waals surface area contributed by atoms with Gasteiger partial charge in [-0.1, -0.05) is 18.2 Å². The van der Waals surface area contributed by atoms with Gasteiger partial charge in [0.15, 0.2) is 0 Å². The van der Waals surface area contributed by atoms with Crippen LogP contribution in [0.5, 0.6) is 0 Å². The molecule has 0 saturated carbocycles. The SMILES string of the molecule is CC(=O)N1CCN(c2nc3c(C)cccc3cc2C(C)Nc2ncnc(N)n2)CC1. The summed E-state index contributed by atoms with van der Waals surface area (Å²) in [5.74, 6) is 1.63. The minimum atomic E-state index is -0.106. The van der Waals surface area contributed by atoms with Gasteiger partial charge < -0.3 is 20.9 Å². The van der Waals surface area contributed by atoms with E-state index >= 15 is 0 Å². The number of amides is 1. The molecule has 1 fully saturated rings. The number of hydrogen-bond acceptors (Lipinski definition) is 8. The summed E-state index contributed by atoms with van der Waals surface area (Å²) in [6.07, 6.45) is 1.39. The Hall–Kier alpha value is -3.49. The number of piperazine rings is 1. The maximum absolute atomic E-state index is 11.7. The van der Waals surface area contributed by atoms with E-state index in [4.69, 9.17) is 10.7 Å². The molecule has 3 N–H and O–H groups in total. The number of nitrogens with zero attached hydrogens (tertiary/aromatic N) is 6. The van der Waals surface area contributed by atoms with Crippen molar-refractivity contribution in [1.29, 1.82) is 0 Å². The first-order valence-electron chi connectivity index (χ1n) is 10.0. The highest BCUT2D eigenvalue weighted by Crippen LogP contribution is 2.31. The molecule has 4 rings (SSSR count). The number of aryl methyl sites for hydroxylation is 1. The van der Waals surface area contributed by atoms with Crippen molar-refractivity contribution in [1.82, 2.24) is 24.8 Å². The average Bonchev–Trinajstić information content (AvgIpc) is 2.73. The molecule has 1 atom stereocenters. The van der Waals surface area contributed by atoms with Crippen LogP contribution in [0, 0.1) is 6.92 Å². The fourth-order valence-electron chi connectivity index (χ4n) is 3.81. The van der Waals surface area contributed by atoms with Crippen LogP contribution in [0.4, 0.5) is 17.7 Å². The molecule has 1 aliphatic heterocycles. The van der Waals surface area contributed by atoms with Crippen LogP contribution in [0.2, 0.25) is 0 Å². The number of nitrogens with one attached hydrogen (secondary N) is 1. The van der Waals surface area contributed by atoms with Crippen LogP contribution in [-0.2, 0) is 4.79 Å². The Morgan fingerprint density at radius 1 is 1.17 bits per heavy atom. The zero-order valence-corrected chi connectivity index (χ0v) is 17.5. The van der Waals surface area contributed by atoms with Gasteiger partial charge in [0, 0.05) is 44.1 Å². The second kappa shape index (κ2) is 8.10. The van der Waals surface area contributed by atoms with E-state index in [1.807, 2.05) is 17.9 Å². The summed E-state index contributed by atoms with van der Waals surface area (Å²) in [5.41, 5.74) is 8.86. The highest BCUT2D eigenvalue weighted by atomic mass is 16.2. The molecule has 156 valence electrons. The summed E-state index contributed by atoms with van der Waals surface area (Å²) in [5, 5.41) is 4.39. The Morgan fingerprint density at radius 2 is 1.93 bits per heavy atom. The Morgan fingerprint density at radius 3 is 2.63 bits per heavy atom. The van der Waals surface area contributed by atoms with Crippen LogP contribution in [0.25, 0.3) is 10.9 Å². The van der Waals surface area contributed by atoms with Gasteiger partial charge in [0.1, 0.15) is 12.1 Å². The van der Waals surface area contributed by atoms with Gasteiger partial charge in [-0.2, -0.15) is 4.98 Å². The molecule has 0 radical (unpaired) electrons. The zero-order chi connectivity index (χ0) is 21.3. The second-order valence-electron chi connectivity index (χ2n) is 7.57. The molecular weight excluding hydrogens is 380 g/mol. The Kier molecular flexibility index (Phi) is 5.35. The van der Waals surface area contributed by atoms with Crippen LogP contribution in [0.1, 0.15) is 31.0 Å². The largest absolute Gasteiger partial charge is 0.368 e. The van der Waals surface area contributed by atoms with Gasteiger partial charge in [0.25, 0.3) is 0 Å². The summed E-state index contributed by atoms with van der Waals surface area (Å²) in [7, 11) is 0. The van der Waals surface area contributed by atoms with Crippen LogP contribution in [0.3, 0.4) is 0 Å². The highest BCUT2D eigenvalue weighted by molar-refractivity contribution is 5.85. The maximum atomic E-state index is 11.7. The number of nitrogen functional groups attached to an aromatic ring is 1. The summed E-state index contributed by atoms with van der Waals surface area (Å²) >= 11 is 0. The number of rotatable bonds is 4. The van der Waals surface area contributed by atoms with Gasteiger partial charge >= 0.3 is 0 Å². The van der Waals surface area contributed by atoms with E-state index in [0.717, 1.165) is 40.9 Å². The van der Waals surface area contributed by atoms with E-state index in [1.165, 1.54) is 6.33 Å². The number of benzene rings is 1. The molecule has 1 unspecified atom stereocenters. The summed E-state index contributed by atoms with van der Waals surface area (Å²) in [4.78, 5) is 33.1. The average molecular weight is 406 g/mol. The van der Waals surface area contributed by atoms with Gasteiger partial charge in [-0.05, 0) is 25.5 Å². The molecule has 9 heteroatoms. The van der Waals surface area contributed by atoms with E-state index < -0.39 is 0 Å². The lowest BCUT2D eigenvalue weighted by atomic mass is 10.0. The first kappa shape index (κ1) is 19.8. The molecule has 2 aromatic heterocycles. The molecule has 1 aromatic carbocycles. The third-order valence-corrected chi connectivity index (χ3v) is 5.48. The smallest absolute Gasteiger partial charge is 0.227 e. The van der Waals surface area contributed by atoms with Crippen molar-refractivity contribution >= 4 is 34.5 Å². The first-order chi connectivity index (χ1) is 14.4. The van der Waals surface area contributed by atoms with E-state index in [2.05, 4.69) is 50.3 Å². The van der Waals surface area contributed by atoms with Crippen molar-refractivity contribution in [2.24, 2.45) is 0 Å². The topological polar surface area (TPSA) is 113 Å². The minimum Gasteiger partial charge on any atom is -0.368 e. The fraction of sp³-hybridized carbons (Fsp3) is 0.381. The lowest BCUT2D eigenvalue weighted by Crippen LogP contribution is -2.48. The number of nitrogens with two attached hydrogens (primary N) is 1. The molecule has 3 aromatic rings. The quantitative estimate of drug-likeness (QED) is 0.678. The number of fused-ring (bicyclic) bond motifs is 1. The number of carbonyl (C=O) groups is 1. The normalized spacial score (nSPS) is 15.3. The Labute approximate surface area is 175 Å². The van der Waals surface area contributed by atoms with E-state index in [9.17, 15) is 4.79 Å². The van der Waals surface area contributed by atoms with Gasteiger partial charge in [-0.3, -0.25) is 4.79 Å². The van der Waals surface area contributed by atoms with Gasteiger partial charge in [0.2, 0.25) is 17.8 Å². The third-order valence-electron chi connectivity index (χ3n) is 5.48. The maximum Gasteiger partial charge on any atom is 0.227 e. The molecule has 0 bridgehead atoms. The van der Waals surface area contributed by atoms with Crippen LogP contribution in [-0.4, -0.2) is 56.9 Å². The molecule has 1 saturated heterocycles. The van der Waals surface area contributed by atoms with Gasteiger partial charge in [-0.25, -0.2) is 15.0 Å². The number of pyridine rings is 1. The molecule has 0 spiro atoms. The Bertz CT molecular complexity index is 1080. The molecule has 1 aliphatic rings. The zero-order valence-electron chi connectivity index (χ0n) is 17.5. The number of anilines is 3. The van der Waals surface area contributed by atoms with Crippen molar-refractivity contribution in [3.8, 4) is 0 Å². The number of para-hydroxylation sites is 1. The van der Waals surface area contributed by atoms with Crippen LogP contribution >= 0.6 is 0 Å². The number of carbonyl (C=O) groups excluding carboxylic acids is 1. The monoisotopic (exact) mass is 406 g/mol. The number of hydrogen-bond donors (Lipinski definition) is 2. The van der Waals surface area contributed by atoms with Crippen molar-refractivity contribution in [2.75, 3.05) is 42.1 Å². The molecule has 9 nitrogen and oxygen atoms in total. The lowest BCUT2D eigenvalue weighted by molar-refractivity contribution is -0.129. The van der Waals surface area contributed by atoms with E-state index in [-0.39, 0.29) is 17.9 Å². The summed E-state index contributed by atoms with van der Waals surface area (Å²) in [6.45, 7) is 8.59. The first-order valence-corrected chi connectivity index (χ1v) is 10.0. The Balaban J connectivity index is 1.71. The summed E-state index contributed by atoms with van der Waals surface area (Å²) in [6, 6.07) is 8.25. The van der Waals surface area contributed by atoms with Gasteiger partial charge in [0.05, 0.1) is 11.6 Å². The fourth-order valence-corrected chi connectivity index (χ4v) is 3.81. The van der Waals surface area contributed by atoms with Crippen LogP contribution in [0.15, 0.2) is 30.6 Å². The molecule has 3 heterocycles. The van der Waals surface area contributed by atoms with E-state index in [0.29, 0.717) is 19.0 Å². The van der Waals surface area contributed by atoms with Crippen molar-refractivity contribution < 1.29 is 4.79 Å². The third kappa shape index (κ3) is 3.96. The predicted molar refractivity (Wildman–Crippen MR) is 117 cm³/mol. The standard InChI is InChI=1S/C21H26N8O/c1-13-5-4-6-16-11-17(14(2)25-21-24-12-23-20(22)27-21)19(26-18(13)16)29-9-7-28(8-10-29)15(3)30/h4-6,11-12,14H,7-10H2,1-3H3,(H3,22,23,24,25,27). The summed E-state index contributed by atoms with van der Waals surface area (Å²) < 4.78 is 0. The lowest BCUT2D eigenvalue weighted by Gasteiger charge is -2.36. The van der Waals surface area contributed by atoms with Crippen molar-refractivity contribution in [3.63, 3.8) is 0 Å². The second-order valence-corrected chi connectivity index (χ2v) is 7.57. The van der Waals surface area contributed by atoms with Crippen molar-refractivity contribution in [2.45, 2.75) is 26.8 Å². The number of aromatic nitrogens is 4. The molecule has 0 aliphatic carbocycles. The molecule has 30 heavy (non-hydrogen) atoms. The predicted octanol–water partition coefficient (Wildman–Crippen LogP) is 2.15. The van der Waals surface area contributed by atoms with Crippen molar-refractivity contribution in [3.05, 3.63) is 41.7 Å². The van der Waals surface area contributed by atoms with Gasteiger partial charge in [-0.15, -0.1) is 0 Å². The van der Waals surface area contributed by atoms with E-state index in [1.54, 1.807) is 6.92 Å². The molecule has 1 amide bonds. The van der Waals surface area contributed by atoms with Crippen LogP contribution < -0.4 is 16.0 Å². The highest BCUT2D eigenvalue weighted by Gasteiger charge is 2.24.